The first kappa shape index (κ1) is 12.8. The predicted octanol–water partition coefficient (Wildman–Crippen LogP) is 4.65. The standard InChI is InChI=1S/C17H20O/c1-11-9-17(10-12(2)13(11)3)16-7-5-15(6-8-16)14(4)18/h5-9,12H,10H2,1-4H3. The molecule has 0 saturated heterocycles. The minimum absolute atomic E-state index is 0.125. The van der Waals surface area contributed by atoms with E-state index in [0.29, 0.717) is 5.92 Å². The van der Waals surface area contributed by atoms with Crippen molar-refractivity contribution in [3.8, 4) is 0 Å². The third-order valence-electron chi connectivity index (χ3n) is 3.94. The van der Waals surface area contributed by atoms with Gasteiger partial charge in [0.05, 0.1) is 0 Å². The summed E-state index contributed by atoms with van der Waals surface area (Å²) in [6.45, 7) is 8.27. The Morgan fingerprint density at radius 3 is 2.28 bits per heavy atom. The van der Waals surface area contributed by atoms with Gasteiger partial charge >= 0.3 is 0 Å². The minimum Gasteiger partial charge on any atom is -0.295 e. The van der Waals surface area contributed by atoms with E-state index in [4.69, 9.17) is 0 Å². The second kappa shape index (κ2) is 4.93. The molecule has 0 amide bonds. The summed E-state index contributed by atoms with van der Waals surface area (Å²) in [7, 11) is 0. The van der Waals surface area contributed by atoms with Gasteiger partial charge in [0.1, 0.15) is 0 Å². The third kappa shape index (κ3) is 2.45. The fourth-order valence-corrected chi connectivity index (χ4v) is 2.43. The molecule has 1 aliphatic rings. The van der Waals surface area contributed by atoms with Crippen molar-refractivity contribution in [3.05, 3.63) is 52.6 Å². The monoisotopic (exact) mass is 240 g/mol. The van der Waals surface area contributed by atoms with E-state index in [1.807, 2.05) is 12.1 Å². The van der Waals surface area contributed by atoms with E-state index in [2.05, 4.69) is 39.0 Å². The number of carbonyl (C=O) groups excluding carboxylic acids is 1. The molecule has 0 fully saturated rings. The lowest BCUT2D eigenvalue weighted by molar-refractivity contribution is 0.101. The van der Waals surface area contributed by atoms with Crippen molar-refractivity contribution >= 4 is 11.4 Å². The van der Waals surface area contributed by atoms with Gasteiger partial charge < -0.3 is 0 Å². The van der Waals surface area contributed by atoms with Gasteiger partial charge in [0, 0.05) is 5.56 Å². The summed E-state index contributed by atoms with van der Waals surface area (Å²) in [5, 5.41) is 0. The molecule has 0 spiro atoms. The molecular formula is C17H20O. The first-order valence-corrected chi connectivity index (χ1v) is 6.48. The first-order chi connectivity index (χ1) is 8.49. The maximum absolute atomic E-state index is 11.3. The lowest BCUT2D eigenvalue weighted by atomic mass is 9.83. The Balaban J connectivity index is 2.33. The van der Waals surface area contributed by atoms with Crippen LogP contribution in [0, 0.1) is 5.92 Å². The van der Waals surface area contributed by atoms with Crippen molar-refractivity contribution in [1.82, 2.24) is 0 Å². The zero-order chi connectivity index (χ0) is 13.3. The number of ketones is 1. The third-order valence-corrected chi connectivity index (χ3v) is 3.94. The molecule has 18 heavy (non-hydrogen) atoms. The Bertz CT molecular complexity index is 529. The van der Waals surface area contributed by atoms with E-state index >= 15 is 0 Å². The number of benzene rings is 1. The van der Waals surface area contributed by atoms with Crippen molar-refractivity contribution in [3.63, 3.8) is 0 Å². The van der Waals surface area contributed by atoms with Crippen LogP contribution in [0.4, 0.5) is 0 Å². The van der Waals surface area contributed by atoms with Gasteiger partial charge in [0.2, 0.25) is 0 Å². The van der Waals surface area contributed by atoms with Gasteiger partial charge in [-0.3, -0.25) is 4.79 Å². The quantitative estimate of drug-likeness (QED) is 0.688. The number of hydrogen-bond acceptors (Lipinski definition) is 1. The van der Waals surface area contributed by atoms with Crippen LogP contribution in [0.3, 0.4) is 0 Å². The summed E-state index contributed by atoms with van der Waals surface area (Å²) in [4.78, 5) is 11.3. The fraction of sp³-hybridized carbons (Fsp3) is 0.353. The van der Waals surface area contributed by atoms with Gasteiger partial charge in [-0.05, 0) is 44.2 Å². The van der Waals surface area contributed by atoms with E-state index in [1.165, 1.54) is 22.3 Å². The van der Waals surface area contributed by atoms with Gasteiger partial charge in [0.15, 0.2) is 5.78 Å². The molecule has 0 aromatic heterocycles. The average Bonchev–Trinajstić information content (AvgIpc) is 2.35. The summed E-state index contributed by atoms with van der Waals surface area (Å²) >= 11 is 0. The van der Waals surface area contributed by atoms with Crippen LogP contribution < -0.4 is 0 Å². The largest absolute Gasteiger partial charge is 0.295 e. The molecule has 1 unspecified atom stereocenters. The minimum atomic E-state index is 0.125. The van der Waals surface area contributed by atoms with Crippen LogP contribution in [-0.4, -0.2) is 5.78 Å². The van der Waals surface area contributed by atoms with Crippen LogP contribution in [0.1, 0.15) is 50.0 Å². The molecular weight excluding hydrogens is 220 g/mol. The molecule has 1 aliphatic carbocycles. The first-order valence-electron chi connectivity index (χ1n) is 6.48. The highest BCUT2D eigenvalue weighted by Gasteiger charge is 2.16. The van der Waals surface area contributed by atoms with Gasteiger partial charge in [-0.1, -0.05) is 48.4 Å². The van der Waals surface area contributed by atoms with Crippen molar-refractivity contribution < 1.29 is 4.79 Å². The van der Waals surface area contributed by atoms with E-state index in [1.54, 1.807) is 6.92 Å². The van der Waals surface area contributed by atoms with Gasteiger partial charge in [-0.2, -0.15) is 0 Å². The summed E-state index contributed by atoms with van der Waals surface area (Å²) in [6, 6.07) is 7.96. The van der Waals surface area contributed by atoms with Crippen LogP contribution >= 0.6 is 0 Å². The van der Waals surface area contributed by atoms with Crippen molar-refractivity contribution in [1.29, 1.82) is 0 Å². The highest BCUT2D eigenvalue weighted by atomic mass is 16.1. The van der Waals surface area contributed by atoms with Crippen LogP contribution in [0.2, 0.25) is 0 Å². The molecule has 1 aromatic carbocycles. The van der Waals surface area contributed by atoms with E-state index in [9.17, 15) is 4.79 Å². The molecule has 1 heteroatoms. The number of allylic oxidation sites excluding steroid dienone is 4. The smallest absolute Gasteiger partial charge is 0.159 e. The molecule has 1 nitrogen and oxygen atoms in total. The van der Waals surface area contributed by atoms with E-state index in [0.717, 1.165) is 12.0 Å². The summed E-state index contributed by atoms with van der Waals surface area (Å²) < 4.78 is 0. The molecule has 1 atom stereocenters. The number of rotatable bonds is 2. The zero-order valence-corrected chi connectivity index (χ0v) is 11.6. The fourth-order valence-electron chi connectivity index (χ4n) is 2.43. The maximum Gasteiger partial charge on any atom is 0.159 e. The van der Waals surface area contributed by atoms with Crippen LogP contribution in [-0.2, 0) is 0 Å². The van der Waals surface area contributed by atoms with E-state index in [-0.39, 0.29) is 5.78 Å². The molecule has 0 aliphatic heterocycles. The lowest BCUT2D eigenvalue weighted by Crippen LogP contribution is -2.05. The Kier molecular flexibility index (Phi) is 3.51. The molecule has 0 N–H and O–H groups in total. The van der Waals surface area contributed by atoms with Crippen LogP contribution in [0.5, 0.6) is 0 Å². The van der Waals surface area contributed by atoms with Crippen molar-refractivity contribution in [2.75, 3.05) is 0 Å². The summed E-state index contributed by atoms with van der Waals surface area (Å²) in [5.41, 5.74) is 6.25. The molecule has 94 valence electrons. The maximum atomic E-state index is 11.3. The van der Waals surface area contributed by atoms with Crippen molar-refractivity contribution in [2.45, 2.75) is 34.1 Å². The highest BCUT2D eigenvalue weighted by molar-refractivity contribution is 5.94. The molecule has 2 rings (SSSR count). The Labute approximate surface area is 109 Å². The summed E-state index contributed by atoms with van der Waals surface area (Å²) in [6.07, 6.45) is 3.36. The highest BCUT2D eigenvalue weighted by Crippen LogP contribution is 2.34. The second-order valence-electron chi connectivity index (χ2n) is 5.27. The van der Waals surface area contributed by atoms with Gasteiger partial charge in [-0.15, -0.1) is 0 Å². The van der Waals surface area contributed by atoms with E-state index < -0.39 is 0 Å². The normalized spacial score (nSPS) is 19.8. The Morgan fingerprint density at radius 2 is 1.78 bits per heavy atom. The van der Waals surface area contributed by atoms with Gasteiger partial charge in [0.25, 0.3) is 0 Å². The topological polar surface area (TPSA) is 17.1 Å². The second-order valence-corrected chi connectivity index (χ2v) is 5.27. The molecule has 0 saturated carbocycles. The van der Waals surface area contributed by atoms with Gasteiger partial charge in [-0.25, -0.2) is 0 Å². The Morgan fingerprint density at radius 1 is 1.17 bits per heavy atom. The number of carbonyl (C=O) groups is 1. The summed E-state index contributed by atoms with van der Waals surface area (Å²) in [5.74, 6) is 0.733. The van der Waals surface area contributed by atoms with Crippen LogP contribution in [0.25, 0.3) is 5.57 Å². The van der Waals surface area contributed by atoms with Crippen LogP contribution in [0.15, 0.2) is 41.5 Å². The molecule has 0 bridgehead atoms. The molecule has 0 heterocycles. The van der Waals surface area contributed by atoms with Crippen molar-refractivity contribution in [2.24, 2.45) is 5.92 Å². The average molecular weight is 240 g/mol. The Hall–Kier alpha value is -1.63. The number of Topliss-reactive ketones (excluding diaryl/α,β-unsaturated/α-hetero) is 1. The molecule has 0 radical (unpaired) electrons. The zero-order valence-electron chi connectivity index (χ0n) is 11.6. The lowest BCUT2D eigenvalue weighted by Gasteiger charge is -2.22. The molecule has 1 aromatic rings. The SMILES string of the molecule is CC(=O)c1ccc(C2=CC(C)=C(C)C(C)C2)cc1. The predicted molar refractivity (Wildman–Crippen MR) is 76.6 cm³/mol. The number of hydrogen-bond donors (Lipinski definition) is 0.